The molecule has 0 aromatic heterocycles. The van der Waals surface area contributed by atoms with Gasteiger partial charge in [0.15, 0.2) is 9.84 Å². The molecule has 0 spiro atoms. The number of rotatable bonds is 5. The molecule has 0 saturated carbocycles. The minimum atomic E-state index is -3.50. The third-order valence-electron chi connectivity index (χ3n) is 3.83. The molecular formula is C18H23FN2O2S. The minimum Gasteiger partial charge on any atom is -0.352 e. The van der Waals surface area contributed by atoms with Crippen LogP contribution in [0.5, 0.6) is 0 Å². The number of hydrogen-bond donors (Lipinski definition) is 1. The quantitative estimate of drug-likeness (QED) is 0.655. The number of piperazine rings is 1. The first-order valence-electron chi connectivity index (χ1n) is 8.16. The van der Waals surface area contributed by atoms with Crippen molar-refractivity contribution in [2.45, 2.75) is 31.6 Å². The second-order valence-electron chi connectivity index (χ2n) is 5.65. The van der Waals surface area contributed by atoms with Crippen molar-refractivity contribution in [1.29, 1.82) is 0 Å². The van der Waals surface area contributed by atoms with Gasteiger partial charge in [-0.3, -0.25) is 0 Å². The number of benzene rings is 1. The summed E-state index contributed by atoms with van der Waals surface area (Å²) in [6.07, 6.45) is 4.26. The van der Waals surface area contributed by atoms with E-state index in [0.717, 1.165) is 19.3 Å². The van der Waals surface area contributed by atoms with Crippen LogP contribution < -0.4 is 10.2 Å². The van der Waals surface area contributed by atoms with Gasteiger partial charge >= 0.3 is 0 Å². The van der Waals surface area contributed by atoms with Crippen molar-refractivity contribution in [3.63, 3.8) is 0 Å². The predicted octanol–water partition coefficient (Wildman–Crippen LogP) is 2.68. The van der Waals surface area contributed by atoms with E-state index in [-0.39, 0.29) is 5.82 Å². The standard InChI is InChI=1S/C18H23FN2O2S/c1-2-3-4-5-6-7-14-24(22,23)18-15-20-12-13-21(18)17-10-8-16(19)9-11-17/h7-11,14,18,20H,2-4,12-13,15H2,1H3/b14-7+. The van der Waals surface area contributed by atoms with E-state index in [1.807, 2.05) is 0 Å². The number of hydrogen-bond acceptors (Lipinski definition) is 4. The Morgan fingerprint density at radius 2 is 2.12 bits per heavy atom. The van der Waals surface area contributed by atoms with E-state index in [9.17, 15) is 12.8 Å². The average Bonchev–Trinajstić information content (AvgIpc) is 2.59. The van der Waals surface area contributed by atoms with E-state index in [1.165, 1.54) is 23.6 Å². The van der Waals surface area contributed by atoms with Crippen LogP contribution in [0.2, 0.25) is 0 Å². The highest BCUT2D eigenvalue weighted by Gasteiger charge is 2.32. The second kappa shape index (κ2) is 8.86. The number of sulfone groups is 1. The van der Waals surface area contributed by atoms with Crippen LogP contribution in [0.15, 0.2) is 35.7 Å². The highest BCUT2D eigenvalue weighted by Crippen LogP contribution is 2.22. The zero-order valence-corrected chi connectivity index (χ0v) is 14.7. The molecule has 4 nitrogen and oxygen atoms in total. The lowest BCUT2D eigenvalue weighted by Crippen LogP contribution is -2.54. The molecule has 1 unspecified atom stereocenters. The van der Waals surface area contributed by atoms with Crippen molar-refractivity contribution >= 4 is 15.5 Å². The van der Waals surface area contributed by atoms with Gasteiger partial charge in [-0.05, 0) is 36.8 Å². The van der Waals surface area contributed by atoms with E-state index in [1.54, 1.807) is 17.0 Å². The lowest BCUT2D eigenvalue weighted by atomic mass is 10.2. The van der Waals surface area contributed by atoms with Crippen molar-refractivity contribution < 1.29 is 12.8 Å². The maximum atomic E-state index is 13.1. The molecule has 0 bridgehead atoms. The number of anilines is 1. The SMILES string of the molecule is CCCCC#C/C=C/S(=O)(=O)C1CNCCN1c1ccc(F)cc1. The van der Waals surface area contributed by atoms with Crippen LogP contribution in [0.1, 0.15) is 26.2 Å². The molecule has 1 aromatic carbocycles. The molecular weight excluding hydrogens is 327 g/mol. The predicted molar refractivity (Wildman–Crippen MR) is 95.8 cm³/mol. The zero-order chi connectivity index (χ0) is 17.4. The summed E-state index contributed by atoms with van der Waals surface area (Å²) < 4.78 is 38.3. The first kappa shape index (κ1) is 18.5. The molecule has 1 atom stereocenters. The van der Waals surface area contributed by atoms with Crippen molar-refractivity contribution in [1.82, 2.24) is 5.32 Å². The molecule has 1 aromatic rings. The Morgan fingerprint density at radius 1 is 1.38 bits per heavy atom. The largest absolute Gasteiger partial charge is 0.352 e. The van der Waals surface area contributed by atoms with E-state index in [2.05, 4.69) is 24.1 Å². The third kappa shape index (κ3) is 5.08. The first-order chi connectivity index (χ1) is 11.5. The van der Waals surface area contributed by atoms with Gasteiger partial charge in [-0.15, -0.1) is 0 Å². The fourth-order valence-electron chi connectivity index (χ4n) is 2.52. The summed E-state index contributed by atoms with van der Waals surface area (Å²) in [6.45, 7) is 3.64. The minimum absolute atomic E-state index is 0.327. The summed E-state index contributed by atoms with van der Waals surface area (Å²) in [5.41, 5.74) is 0.703. The van der Waals surface area contributed by atoms with E-state index < -0.39 is 15.2 Å². The van der Waals surface area contributed by atoms with Crippen molar-refractivity contribution in [3.8, 4) is 11.8 Å². The van der Waals surface area contributed by atoms with Gasteiger partial charge in [0.05, 0.1) is 0 Å². The van der Waals surface area contributed by atoms with E-state index >= 15 is 0 Å². The first-order valence-corrected chi connectivity index (χ1v) is 9.77. The Balaban J connectivity index is 2.14. The van der Waals surface area contributed by atoms with Crippen LogP contribution >= 0.6 is 0 Å². The Morgan fingerprint density at radius 3 is 2.83 bits per heavy atom. The number of allylic oxidation sites excluding steroid dienone is 1. The summed E-state index contributed by atoms with van der Waals surface area (Å²) in [4.78, 5) is 1.79. The van der Waals surface area contributed by atoms with Crippen LogP contribution in [-0.4, -0.2) is 33.4 Å². The van der Waals surface area contributed by atoms with Crippen molar-refractivity contribution in [2.75, 3.05) is 24.5 Å². The number of unbranched alkanes of at least 4 members (excludes halogenated alkanes) is 2. The molecule has 130 valence electrons. The maximum Gasteiger partial charge on any atom is 0.194 e. The summed E-state index contributed by atoms with van der Waals surface area (Å²) in [7, 11) is -3.50. The molecule has 1 heterocycles. The molecule has 1 aliphatic heterocycles. The molecule has 0 radical (unpaired) electrons. The van der Waals surface area contributed by atoms with Gasteiger partial charge in [-0.1, -0.05) is 25.2 Å². The monoisotopic (exact) mass is 350 g/mol. The maximum absolute atomic E-state index is 13.1. The topological polar surface area (TPSA) is 49.4 Å². The molecule has 0 aliphatic carbocycles. The normalized spacial score (nSPS) is 18.4. The molecule has 1 saturated heterocycles. The molecule has 0 amide bonds. The Hall–Kier alpha value is -1.84. The lowest BCUT2D eigenvalue weighted by Gasteiger charge is -2.36. The average molecular weight is 350 g/mol. The van der Waals surface area contributed by atoms with Gasteiger partial charge in [0, 0.05) is 37.2 Å². The van der Waals surface area contributed by atoms with Crippen LogP contribution in [0, 0.1) is 17.7 Å². The van der Waals surface area contributed by atoms with Crippen molar-refractivity contribution in [2.24, 2.45) is 0 Å². The van der Waals surface area contributed by atoms with Gasteiger partial charge in [-0.25, -0.2) is 12.8 Å². The van der Waals surface area contributed by atoms with Gasteiger partial charge in [0.25, 0.3) is 0 Å². The molecule has 6 heteroatoms. The van der Waals surface area contributed by atoms with Gasteiger partial charge < -0.3 is 10.2 Å². The van der Waals surface area contributed by atoms with Gasteiger partial charge in [0.2, 0.25) is 0 Å². The lowest BCUT2D eigenvalue weighted by molar-refractivity contribution is 0.523. The van der Waals surface area contributed by atoms with Gasteiger partial charge in [0.1, 0.15) is 11.2 Å². The fourth-order valence-corrected chi connectivity index (χ4v) is 3.89. The van der Waals surface area contributed by atoms with Crippen LogP contribution in [0.4, 0.5) is 10.1 Å². The molecule has 1 N–H and O–H groups in total. The number of halogens is 1. The molecule has 1 aliphatic rings. The summed E-state index contributed by atoms with van der Waals surface area (Å²) >= 11 is 0. The van der Waals surface area contributed by atoms with Crippen molar-refractivity contribution in [3.05, 3.63) is 41.6 Å². The Labute approximate surface area is 143 Å². The summed E-state index contributed by atoms with van der Waals surface area (Å²) in [5, 5.41) is 3.57. The highest BCUT2D eigenvalue weighted by molar-refractivity contribution is 7.95. The van der Waals surface area contributed by atoms with E-state index in [4.69, 9.17) is 0 Å². The zero-order valence-electron chi connectivity index (χ0n) is 13.8. The van der Waals surface area contributed by atoms with Crippen LogP contribution in [0.25, 0.3) is 0 Å². The number of nitrogens with zero attached hydrogens (tertiary/aromatic N) is 1. The molecule has 24 heavy (non-hydrogen) atoms. The Kier molecular flexibility index (Phi) is 6.83. The smallest absolute Gasteiger partial charge is 0.194 e. The highest BCUT2D eigenvalue weighted by atomic mass is 32.2. The van der Waals surface area contributed by atoms with Crippen LogP contribution in [0.3, 0.4) is 0 Å². The summed E-state index contributed by atoms with van der Waals surface area (Å²) in [5.74, 6) is 5.38. The van der Waals surface area contributed by atoms with E-state index in [0.29, 0.717) is 25.3 Å². The third-order valence-corrected chi connectivity index (χ3v) is 5.53. The summed E-state index contributed by atoms with van der Waals surface area (Å²) in [6, 6.07) is 5.90. The van der Waals surface area contributed by atoms with Gasteiger partial charge in [-0.2, -0.15) is 0 Å². The molecule has 1 fully saturated rings. The van der Waals surface area contributed by atoms with Crippen LogP contribution in [-0.2, 0) is 9.84 Å². The number of nitrogens with one attached hydrogen (secondary N) is 1. The molecule has 2 rings (SSSR count). The second-order valence-corrected chi connectivity index (χ2v) is 7.64. The fraction of sp³-hybridized carbons (Fsp3) is 0.444. The Bertz CT molecular complexity index is 718.